The van der Waals surface area contributed by atoms with Crippen molar-refractivity contribution in [3.63, 3.8) is 0 Å². The SMILES string of the molecule is CC(c1nc2ccccc2c(=O)n1Cc1ccccc1)N1CCN(C(=O)COc2ccc(Cl)cc2)CC1. The number of ether oxygens (including phenoxy) is 1. The fourth-order valence-electron chi connectivity index (χ4n) is 4.71. The van der Waals surface area contributed by atoms with E-state index < -0.39 is 0 Å². The van der Waals surface area contributed by atoms with Crippen LogP contribution in [0.3, 0.4) is 0 Å². The summed E-state index contributed by atoms with van der Waals surface area (Å²) in [5.74, 6) is 1.30. The summed E-state index contributed by atoms with van der Waals surface area (Å²) in [6, 6.07) is 24.3. The Hall–Kier alpha value is -3.68. The average molecular weight is 517 g/mol. The number of carbonyl (C=O) groups excluding carboxylic acids is 1. The fraction of sp³-hybridized carbons (Fsp3) is 0.276. The number of hydrogen-bond acceptors (Lipinski definition) is 5. The molecule has 1 atom stereocenters. The van der Waals surface area contributed by atoms with Gasteiger partial charge in [0.15, 0.2) is 6.61 Å². The maximum Gasteiger partial charge on any atom is 0.261 e. The first-order chi connectivity index (χ1) is 18.0. The molecule has 0 radical (unpaired) electrons. The van der Waals surface area contributed by atoms with E-state index in [4.69, 9.17) is 21.3 Å². The number of fused-ring (bicyclic) bond motifs is 1. The van der Waals surface area contributed by atoms with Crippen LogP contribution >= 0.6 is 11.6 Å². The molecule has 5 rings (SSSR count). The maximum absolute atomic E-state index is 13.5. The van der Waals surface area contributed by atoms with Crippen molar-refractivity contribution < 1.29 is 9.53 Å². The van der Waals surface area contributed by atoms with Gasteiger partial charge < -0.3 is 9.64 Å². The Labute approximate surface area is 220 Å². The van der Waals surface area contributed by atoms with Crippen molar-refractivity contribution in [1.29, 1.82) is 0 Å². The molecule has 8 heteroatoms. The van der Waals surface area contributed by atoms with Gasteiger partial charge in [0.2, 0.25) is 0 Å². The minimum Gasteiger partial charge on any atom is -0.484 e. The number of benzene rings is 3. The van der Waals surface area contributed by atoms with E-state index in [1.165, 1.54) is 0 Å². The Morgan fingerprint density at radius 3 is 2.35 bits per heavy atom. The van der Waals surface area contributed by atoms with Gasteiger partial charge in [-0.3, -0.25) is 19.1 Å². The van der Waals surface area contributed by atoms with Crippen molar-refractivity contribution in [1.82, 2.24) is 19.4 Å². The third-order valence-electron chi connectivity index (χ3n) is 6.84. The zero-order valence-electron chi connectivity index (χ0n) is 20.7. The van der Waals surface area contributed by atoms with E-state index in [1.54, 1.807) is 28.8 Å². The van der Waals surface area contributed by atoms with Crippen LogP contribution in [0.15, 0.2) is 83.7 Å². The zero-order chi connectivity index (χ0) is 25.8. The fourth-order valence-corrected chi connectivity index (χ4v) is 4.84. The Balaban J connectivity index is 1.30. The minimum absolute atomic E-state index is 0.0139. The minimum atomic E-state index is -0.0939. The highest BCUT2D eigenvalue weighted by molar-refractivity contribution is 6.30. The van der Waals surface area contributed by atoms with Crippen LogP contribution in [0.5, 0.6) is 5.75 Å². The van der Waals surface area contributed by atoms with Crippen molar-refractivity contribution in [2.75, 3.05) is 32.8 Å². The van der Waals surface area contributed by atoms with Crippen LogP contribution in [0.4, 0.5) is 0 Å². The predicted molar refractivity (Wildman–Crippen MR) is 145 cm³/mol. The lowest BCUT2D eigenvalue weighted by Gasteiger charge is -2.38. The van der Waals surface area contributed by atoms with E-state index >= 15 is 0 Å². The summed E-state index contributed by atoms with van der Waals surface area (Å²) in [7, 11) is 0. The summed E-state index contributed by atoms with van der Waals surface area (Å²) in [5, 5.41) is 1.24. The standard InChI is InChI=1S/C29H29ClN4O3/c1-21(32-15-17-33(18-16-32)27(35)20-37-24-13-11-23(30)12-14-24)28-31-26-10-6-5-9-25(26)29(36)34(28)19-22-7-3-2-4-8-22/h2-14,21H,15-20H2,1H3. The molecule has 1 unspecified atom stereocenters. The summed E-state index contributed by atoms with van der Waals surface area (Å²) >= 11 is 5.91. The summed E-state index contributed by atoms with van der Waals surface area (Å²) in [5.41, 5.74) is 1.71. The van der Waals surface area contributed by atoms with Gasteiger partial charge in [-0.15, -0.1) is 0 Å². The van der Waals surface area contributed by atoms with E-state index in [0.717, 1.165) is 11.4 Å². The molecule has 37 heavy (non-hydrogen) atoms. The topological polar surface area (TPSA) is 67.7 Å². The van der Waals surface area contributed by atoms with Gasteiger partial charge >= 0.3 is 0 Å². The highest BCUT2D eigenvalue weighted by Gasteiger charge is 2.28. The van der Waals surface area contributed by atoms with Crippen LogP contribution in [0.1, 0.15) is 24.4 Å². The number of halogens is 1. The normalized spacial score (nSPS) is 15.0. The smallest absolute Gasteiger partial charge is 0.261 e. The molecule has 1 amide bonds. The van der Waals surface area contributed by atoms with Crippen LogP contribution in [0, 0.1) is 0 Å². The summed E-state index contributed by atoms with van der Waals surface area (Å²) in [4.78, 5) is 35.3. The molecule has 0 bridgehead atoms. The first kappa shape index (κ1) is 25.0. The molecule has 1 aliphatic heterocycles. The van der Waals surface area contributed by atoms with E-state index in [2.05, 4.69) is 11.8 Å². The van der Waals surface area contributed by atoms with Crippen molar-refractivity contribution in [3.05, 3.63) is 106 Å². The zero-order valence-corrected chi connectivity index (χ0v) is 21.5. The van der Waals surface area contributed by atoms with Gasteiger partial charge in [0, 0.05) is 31.2 Å². The van der Waals surface area contributed by atoms with Crippen LogP contribution < -0.4 is 10.3 Å². The molecule has 0 aliphatic carbocycles. The van der Waals surface area contributed by atoms with Gasteiger partial charge in [0.05, 0.1) is 23.5 Å². The summed E-state index contributed by atoms with van der Waals surface area (Å²) in [6.45, 7) is 5.06. The second-order valence-corrected chi connectivity index (χ2v) is 9.64. The lowest BCUT2D eigenvalue weighted by atomic mass is 10.1. The molecule has 3 aromatic carbocycles. The molecule has 1 aliphatic rings. The lowest BCUT2D eigenvalue weighted by Crippen LogP contribution is -2.51. The number of para-hydroxylation sites is 1. The number of hydrogen-bond donors (Lipinski definition) is 0. The monoisotopic (exact) mass is 516 g/mol. The Bertz CT molecular complexity index is 1430. The molecule has 1 saturated heterocycles. The number of piperazine rings is 1. The molecule has 0 N–H and O–H groups in total. The summed E-state index contributed by atoms with van der Waals surface area (Å²) < 4.78 is 7.43. The first-order valence-corrected chi connectivity index (χ1v) is 12.8. The molecule has 0 spiro atoms. The highest BCUT2D eigenvalue weighted by atomic mass is 35.5. The van der Waals surface area contributed by atoms with Gasteiger partial charge in [-0.25, -0.2) is 4.98 Å². The molecular weight excluding hydrogens is 488 g/mol. The quantitative estimate of drug-likeness (QED) is 0.364. The van der Waals surface area contributed by atoms with Gasteiger partial charge in [-0.1, -0.05) is 54.1 Å². The Morgan fingerprint density at radius 1 is 0.946 bits per heavy atom. The molecule has 1 aromatic heterocycles. The molecule has 7 nitrogen and oxygen atoms in total. The van der Waals surface area contributed by atoms with E-state index in [9.17, 15) is 9.59 Å². The van der Waals surface area contributed by atoms with Crippen molar-refractivity contribution in [3.8, 4) is 5.75 Å². The Morgan fingerprint density at radius 2 is 1.62 bits per heavy atom. The maximum atomic E-state index is 13.5. The van der Waals surface area contributed by atoms with Crippen molar-refractivity contribution in [2.24, 2.45) is 0 Å². The lowest BCUT2D eigenvalue weighted by molar-refractivity contribution is -0.135. The van der Waals surface area contributed by atoms with Crippen molar-refractivity contribution in [2.45, 2.75) is 19.5 Å². The van der Waals surface area contributed by atoms with Gasteiger partial charge in [0.25, 0.3) is 11.5 Å². The summed E-state index contributed by atoms with van der Waals surface area (Å²) in [6.07, 6.45) is 0. The number of aromatic nitrogens is 2. The number of carbonyl (C=O) groups is 1. The molecule has 4 aromatic rings. The second-order valence-electron chi connectivity index (χ2n) is 9.20. The van der Waals surface area contributed by atoms with Crippen LogP contribution in [-0.4, -0.2) is 58.0 Å². The van der Waals surface area contributed by atoms with E-state index in [0.29, 0.717) is 54.4 Å². The number of nitrogens with zero attached hydrogens (tertiary/aromatic N) is 4. The molecular formula is C29H29ClN4O3. The van der Waals surface area contributed by atoms with Gasteiger partial charge in [0.1, 0.15) is 11.6 Å². The second kappa shape index (κ2) is 11.2. The third kappa shape index (κ3) is 5.68. The van der Waals surface area contributed by atoms with E-state index in [1.807, 2.05) is 59.5 Å². The largest absolute Gasteiger partial charge is 0.484 e. The van der Waals surface area contributed by atoms with Gasteiger partial charge in [-0.2, -0.15) is 0 Å². The molecule has 0 saturated carbocycles. The predicted octanol–water partition coefficient (Wildman–Crippen LogP) is 4.38. The molecule has 2 heterocycles. The van der Waals surface area contributed by atoms with Crippen LogP contribution in [0.2, 0.25) is 5.02 Å². The average Bonchev–Trinajstić information content (AvgIpc) is 2.94. The van der Waals surface area contributed by atoms with Crippen LogP contribution in [0.25, 0.3) is 10.9 Å². The Kier molecular flexibility index (Phi) is 7.53. The molecule has 190 valence electrons. The number of rotatable bonds is 7. The number of amides is 1. The van der Waals surface area contributed by atoms with E-state index in [-0.39, 0.29) is 24.1 Å². The third-order valence-corrected chi connectivity index (χ3v) is 7.09. The van der Waals surface area contributed by atoms with Gasteiger partial charge in [-0.05, 0) is 48.9 Å². The first-order valence-electron chi connectivity index (χ1n) is 12.4. The van der Waals surface area contributed by atoms with Crippen LogP contribution in [-0.2, 0) is 11.3 Å². The van der Waals surface area contributed by atoms with Crippen molar-refractivity contribution >= 4 is 28.4 Å². The molecule has 1 fully saturated rings. The highest BCUT2D eigenvalue weighted by Crippen LogP contribution is 2.22.